The summed E-state index contributed by atoms with van der Waals surface area (Å²) < 4.78 is 5.54. The molecule has 2 aliphatic heterocycles. The number of pyridine rings is 1. The van der Waals surface area contributed by atoms with E-state index in [0.717, 1.165) is 30.8 Å². The molecule has 5 rings (SSSR count). The second kappa shape index (κ2) is 11.7. The SMILES string of the molecule is COc1c(C)cnc(CN2C(=O)C(=Cc3[nH]c(Cl)c(C(=O)NCCN4CCCC4)c3C)c3c(Cl)nc(N)nc32)c1C. The molecule has 2 amide bonds. The van der Waals surface area contributed by atoms with Crippen molar-refractivity contribution in [2.45, 2.75) is 40.2 Å². The summed E-state index contributed by atoms with van der Waals surface area (Å²) >= 11 is 13.0. The zero-order chi connectivity index (χ0) is 29.4. The van der Waals surface area contributed by atoms with Crippen LogP contribution >= 0.6 is 23.2 Å². The first-order chi connectivity index (χ1) is 19.6. The minimum absolute atomic E-state index is 0.0379. The van der Waals surface area contributed by atoms with Crippen molar-refractivity contribution in [3.05, 3.63) is 55.7 Å². The van der Waals surface area contributed by atoms with Gasteiger partial charge in [0.25, 0.3) is 11.8 Å². The van der Waals surface area contributed by atoms with E-state index in [0.29, 0.717) is 40.4 Å². The Bertz CT molecular complexity index is 1560. The number of aromatic amines is 1. The van der Waals surface area contributed by atoms with Crippen LogP contribution in [0, 0.1) is 20.8 Å². The van der Waals surface area contributed by atoms with Crippen LogP contribution in [0.1, 0.15) is 56.8 Å². The van der Waals surface area contributed by atoms with Gasteiger partial charge in [-0.1, -0.05) is 23.2 Å². The highest BCUT2D eigenvalue weighted by atomic mass is 35.5. The second-order valence-corrected chi connectivity index (χ2v) is 11.0. The molecular formula is C28H32Cl2N8O3. The number of H-pyrrole nitrogens is 1. The highest BCUT2D eigenvalue weighted by molar-refractivity contribution is 6.41. The second-order valence-electron chi connectivity index (χ2n) is 10.2. The number of rotatable bonds is 8. The molecule has 0 bridgehead atoms. The summed E-state index contributed by atoms with van der Waals surface area (Å²) in [5.74, 6) is 0.252. The number of hydrogen-bond donors (Lipinski definition) is 3. The number of methoxy groups -OCH3 is 1. The molecule has 41 heavy (non-hydrogen) atoms. The topological polar surface area (TPSA) is 142 Å². The highest BCUT2D eigenvalue weighted by Gasteiger charge is 2.38. The van der Waals surface area contributed by atoms with Crippen LogP contribution in [0.5, 0.6) is 5.75 Å². The number of aromatic nitrogens is 4. The number of likely N-dealkylation sites (tertiary alicyclic amines) is 1. The van der Waals surface area contributed by atoms with Crippen molar-refractivity contribution in [1.29, 1.82) is 0 Å². The molecule has 0 aromatic carbocycles. The van der Waals surface area contributed by atoms with Gasteiger partial charge < -0.3 is 25.7 Å². The number of ether oxygens (including phenoxy) is 1. The molecule has 0 aliphatic carbocycles. The Morgan fingerprint density at radius 2 is 1.93 bits per heavy atom. The van der Waals surface area contributed by atoms with E-state index >= 15 is 0 Å². The molecular weight excluding hydrogens is 567 g/mol. The summed E-state index contributed by atoms with van der Waals surface area (Å²) in [5.41, 5.74) is 10.2. The Morgan fingerprint density at radius 3 is 2.63 bits per heavy atom. The molecule has 0 saturated carbocycles. The van der Waals surface area contributed by atoms with Crippen molar-refractivity contribution >= 4 is 58.4 Å². The van der Waals surface area contributed by atoms with Gasteiger partial charge in [-0.05, 0) is 58.3 Å². The summed E-state index contributed by atoms with van der Waals surface area (Å²) in [6, 6.07) is 0. The lowest BCUT2D eigenvalue weighted by molar-refractivity contribution is -0.113. The maximum Gasteiger partial charge on any atom is 0.260 e. The number of fused-ring (bicyclic) bond motifs is 1. The molecule has 1 fully saturated rings. The van der Waals surface area contributed by atoms with E-state index in [1.54, 1.807) is 26.3 Å². The monoisotopic (exact) mass is 598 g/mol. The molecule has 5 heterocycles. The van der Waals surface area contributed by atoms with Gasteiger partial charge in [0.05, 0.1) is 36.0 Å². The number of carbonyl (C=O) groups is 2. The summed E-state index contributed by atoms with van der Waals surface area (Å²) in [5, 5.41) is 3.17. The van der Waals surface area contributed by atoms with Crippen LogP contribution in [0.4, 0.5) is 11.8 Å². The maximum atomic E-state index is 13.9. The summed E-state index contributed by atoms with van der Waals surface area (Å²) in [7, 11) is 1.59. The number of hydrogen-bond acceptors (Lipinski definition) is 8. The third-order valence-electron chi connectivity index (χ3n) is 7.59. The lowest BCUT2D eigenvalue weighted by Crippen LogP contribution is -2.33. The average molecular weight is 600 g/mol. The van der Waals surface area contributed by atoms with Crippen molar-refractivity contribution in [3.8, 4) is 5.75 Å². The normalized spacial score (nSPS) is 16.1. The fraction of sp³-hybridized carbons (Fsp3) is 0.393. The number of carbonyl (C=O) groups excluding carboxylic acids is 2. The molecule has 216 valence electrons. The van der Waals surface area contributed by atoms with E-state index in [2.05, 4.69) is 30.2 Å². The Hall–Kier alpha value is -3.67. The first-order valence-electron chi connectivity index (χ1n) is 13.3. The molecule has 3 aromatic rings. The Balaban J connectivity index is 1.47. The number of nitrogen functional groups attached to an aromatic ring is 1. The van der Waals surface area contributed by atoms with Crippen molar-refractivity contribution in [2.75, 3.05) is 43.9 Å². The van der Waals surface area contributed by atoms with Gasteiger partial charge in [0.15, 0.2) is 5.82 Å². The number of halogens is 2. The predicted octanol–water partition coefficient (Wildman–Crippen LogP) is 3.94. The Labute approximate surface area is 248 Å². The van der Waals surface area contributed by atoms with E-state index in [1.165, 1.54) is 17.7 Å². The van der Waals surface area contributed by atoms with Crippen molar-refractivity contribution in [2.24, 2.45) is 0 Å². The van der Waals surface area contributed by atoms with Gasteiger partial charge in [-0.25, -0.2) is 4.98 Å². The Morgan fingerprint density at radius 1 is 1.20 bits per heavy atom. The molecule has 4 N–H and O–H groups in total. The zero-order valence-electron chi connectivity index (χ0n) is 23.4. The quantitative estimate of drug-likeness (QED) is 0.261. The molecule has 11 nitrogen and oxygen atoms in total. The largest absolute Gasteiger partial charge is 0.496 e. The van der Waals surface area contributed by atoms with Crippen LogP contribution in [-0.2, 0) is 11.3 Å². The van der Waals surface area contributed by atoms with E-state index in [9.17, 15) is 9.59 Å². The van der Waals surface area contributed by atoms with Gasteiger partial charge in [0.2, 0.25) is 5.95 Å². The molecule has 1 saturated heterocycles. The smallest absolute Gasteiger partial charge is 0.260 e. The van der Waals surface area contributed by atoms with E-state index in [1.807, 2.05) is 13.8 Å². The zero-order valence-corrected chi connectivity index (χ0v) is 24.9. The molecule has 0 spiro atoms. The summed E-state index contributed by atoms with van der Waals surface area (Å²) in [4.78, 5) is 46.7. The maximum absolute atomic E-state index is 13.9. The van der Waals surface area contributed by atoms with Crippen LogP contribution in [0.15, 0.2) is 6.20 Å². The third-order valence-corrected chi connectivity index (χ3v) is 8.15. The van der Waals surface area contributed by atoms with Crippen LogP contribution in [0.3, 0.4) is 0 Å². The molecule has 3 aromatic heterocycles. The van der Waals surface area contributed by atoms with Crippen LogP contribution < -0.4 is 20.7 Å². The Kier molecular flexibility index (Phi) is 8.21. The number of nitrogens with zero attached hydrogens (tertiary/aromatic N) is 5. The van der Waals surface area contributed by atoms with Crippen LogP contribution in [0.25, 0.3) is 11.6 Å². The standard InChI is InChI=1S/C28H32Cl2N8O3/c1-14-12-33-19(16(3)22(14)41-4)13-38-25-21(24(30)35-28(31)36-25)17(27(38)40)11-18-15(2)20(23(29)34-18)26(39)32-7-10-37-8-5-6-9-37/h11-12,34H,5-10,13H2,1-4H3,(H,32,39)(H2,31,35,36). The van der Waals surface area contributed by atoms with Gasteiger partial charge >= 0.3 is 0 Å². The first kappa shape index (κ1) is 28.8. The summed E-state index contributed by atoms with van der Waals surface area (Å²) in [6.07, 6.45) is 5.68. The highest BCUT2D eigenvalue weighted by Crippen LogP contribution is 2.42. The number of amides is 2. The van der Waals surface area contributed by atoms with Gasteiger partial charge in [-0.3, -0.25) is 19.5 Å². The lowest BCUT2D eigenvalue weighted by atomic mass is 10.1. The van der Waals surface area contributed by atoms with Gasteiger partial charge in [0, 0.05) is 36.1 Å². The van der Waals surface area contributed by atoms with Gasteiger partial charge in [0.1, 0.15) is 16.1 Å². The van der Waals surface area contributed by atoms with Gasteiger partial charge in [-0.2, -0.15) is 4.98 Å². The summed E-state index contributed by atoms with van der Waals surface area (Å²) in [6.45, 7) is 9.07. The minimum atomic E-state index is -0.371. The lowest BCUT2D eigenvalue weighted by Gasteiger charge is -2.19. The number of aryl methyl sites for hydroxylation is 1. The number of nitrogens with one attached hydrogen (secondary N) is 2. The molecule has 2 aliphatic rings. The molecule has 0 unspecified atom stereocenters. The van der Waals surface area contributed by atoms with E-state index < -0.39 is 0 Å². The molecule has 0 atom stereocenters. The fourth-order valence-corrected chi connectivity index (χ4v) is 6.03. The number of nitrogens with two attached hydrogens (primary N) is 1. The van der Waals surface area contributed by atoms with Gasteiger partial charge in [-0.15, -0.1) is 0 Å². The third kappa shape index (κ3) is 5.49. The first-order valence-corrected chi connectivity index (χ1v) is 14.1. The van der Waals surface area contributed by atoms with Crippen molar-refractivity contribution in [3.63, 3.8) is 0 Å². The van der Waals surface area contributed by atoms with Crippen LogP contribution in [0.2, 0.25) is 10.3 Å². The minimum Gasteiger partial charge on any atom is -0.496 e. The van der Waals surface area contributed by atoms with Crippen molar-refractivity contribution < 1.29 is 14.3 Å². The average Bonchev–Trinajstić information content (AvgIpc) is 3.60. The van der Waals surface area contributed by atoms with Crippen LogP contribution in [-0.4, -0.2) is 69.9 Å². The molecule has 0 radical (unpaired) electrons. The predicted molar refractivity (Wildman–Crippen MR) is 159 cm³/mol. The fourth-order valence-electron chi connectivity index (χ4n) is 5.43. The van der Waals surface area contributed by atoms with E-state index in [-0.39, 0.29) is 46.0 Å². The van der Waals surface area contributed by atoms with Crippen molar-refractivity contribution in [1.82, 2.24) is 30.2 Å². The molecule has 13 heteroatoms. The number of anilines is 2. The van der Waals surface area contributed by atoms with E-state index in [4.69, 9.17) is 33.7 Å².